The van der Waals surface area contributed by atoms with Gasteiger partial charge in [0.1, 0.15) is 10.5 Å². The highest BCUT2D eigenvalue weighted by atomic mass is 32.2. The van der Waals surface area contributed by atoms with Crippen LogP contribution in [0.15, 0.2) is 33.6 Å². The van der Waals surface area contributed by atoms with Crippen molar-refractivity contribution >= 4 is 22.0 Å². The quantitative estimate of drug-likeness (QED) is 0.703. The Bertz CT molecular complexity index is 827. The van der Waals surface area contributed by atoms with Crippen LogP contribution in [0.4, 0.5) is 4.79 Å². The van der Waals surface area contributed by atoms with E-state index >= 15 is 0 Å². The maximum atomic E-state index is 12.3. The highest BCUT2D eigenvalue weighted by molar-refractivity contribution is 7.90. The van der Waals surface area contributed by atoms with E-state index in [1.807, 2.05) is 32.6 Å². The zero-order chi connectivity index (χ0) is 18.4. The maximum absolute atomic E-state index is 12.3. The van der Waals surface area contributed by atoms with Gasteiger partial charge in [0.2, 0.25) is 0 Å². The van der Waals surface area contributed by atoms with Gasteiger partial charge in [0.25, 0.3) is 10.0 Å². The molecule has 0 radical (unpaired) electrons. The van der Waals surface area contributed by atoms with Gasteiger partial charge in [-0.3, -0.25) is 0 Å². The molecule has 0 unspecified atom stereocenters. The van der Waals surface area contributed by atoms with Crippen LogP contribution in [0, 0.1) is 0 Å². The summed E-state index contributed by atoms with van der Waals surface area (Å²) in [6.07, 6.45) is -0.346. The van der Waals surface area contributed by atoms with Gasteiger partial charge in [-0.15, -0.1) is 4.40 Å². The van der Waals surface area contributed by atoms with Gasteiger partial charge >= 0.3 is 6.09 Å². The molecule has 0 spiro atoms. The lowest BCUT2D eigenvalue weighted by molar-refractivity contribution is 0.00778. The Morgan fingerprint density at radius 3 is 2.56 bits per heavy atom. The van der Waals surface area contributed by atoms with Gasteiger partial charge in [0, 0.05) is 31.2 Å². The van der Waals surface area contributed by atoms with Gasteiger partial charge < -0.3 is 14.5 Å². The number of sulfonamides is 1. The first kappa shape index (κ1) is 17.7. The van der Waals surface area contributed by atoms with Crippen LogP contribution in [-0.4, -0.2) is 61.4 Å². The normalized spacial score (nSPS) is 22.4. The number of hydrogen-bond donors (Lipinski definition) is 0. The zero-order valence-corrected chi connectivity index (χ0v) is 15.7. The van der Waals surface area contributed by atoms with Crippen molar-refractivity contribution in [2.75, 3.05) is 19.6 Å². The highest BCUT2D eigenvalue weighted by Crippen LogP contribution is 2.28. The fraction of sp³-hybridized carbons (Fsp3) is 0.529. The molecular formula is C17H23N3O4S. The molecule has 0 N–H and O–H groups in total. The summed E-state index contributed by atoms with van der Waals surface area (Å²) in [6, 6.07) is 6.72. The summed E-state index contributed by atoms with van der Waals surface area (Å²) in [5.41, 5.74) is 0.0802. The molecule has 1 atom stereocenters. The van der Waals surface area contributed by atoms with Crippen LogP contribution in [0.25, 0.3) is 0 Å². The molecule has 8 heteroatoms. The average molecular weight is 365 g/mol. The number of hydrogen-bond acceptors (Lipinski definition) is 5. The number of amides is 1. The number of rotatable bonds is 0. The van der Waals surface area contributed by atoms with Crippen molar-refractivity contribution in [1.82, 2.24) is 9.80 Å². The second kappa shape index (κ2) is 6.01. The van der Waals surface area contributed by atoms with Gasteiger partial charge in [-0.05, 0) is 39.8 Å². The number of ether oxygens (including phenoxy) is 1. The van der Waals surface area contributed by atoms with E-state index in [4.69, 9.17) is 4.74 Å². The van der Waals surface area contributed by atoms with Crippen molar-refractivity contribution in [3.63, 3.8) is 0 Å². The summed E-state index contributed by atoms with van der Waals surface area (Å²) in [5, 5.41) is 0. The summed E-state index contributed by atoms with van der Waals surface area (Å²) < 4.78 is 33.8. The van der Waals surface area contributed by atoms with Crippen molar-refractivity contribution in [3.8, 4) is 0 Å². The molecule has 2 heterocycles. The van der Waals surface area contributed by atoms with Crippen molar-refractivity contribution in [3.05, 3.63) is 29.8 Å². The van der Waals surface area contributed by atoms with Crippen molar-refractivity contribution in [2.45, 2.75) is 44.2 Å². The molecule has 0 aromatic heterocycles. The van der Waals surface area contributed by atoms with Crippen LogP contribution in [-0.2, 0) is 14.8 Å². The minimum Gasteiger partial charge on any atom is -0.444 e. The topological polar surface area (TPSA) is 79.3 Å². The minimum atomic E-state index is -3.63. The molecule has 2 aliphatic rings. The Balaban J connectivity index is 1.77. The van der Waals surface area contributed by atoms with E-state index in [1.54, 1.807) is 29.2 Å². The van der Waals surface area contributed by atoms with E-state index in [9.17, 15) is 13.2 Å². The third-order valence-corrected chi connectivity index (χ3v) is 5.49. The number of benzene rings is 1. The average Bonchev–Trinajstić information content (AvgIpc) is 2.77. The van der Waals surface area contributed by atoms with Crippen molar-refractivity contribution in [2.24, 2.45) is 4.40 Å². The first-order valence-corrected chi connectivity index (χ1v) is 9.71. The molecule has 1 amide bonds. The van der Waals surface area contributed by atoms with Gasteiger partial charge in [0.05, 0.1) is 0 Å². The maximum Gasteiger partial charge on any atom is 0.410 e. The van der Waals surface area contributed by atoms with Crippen LogP contribution in [0.3, 0.4) is 0 Å². The number of nitrogens with zero attached hydrogens (tertiary/aromatic N) is 3. The van der Waals surface area contributed by atoms with Crippen LogP contribution in [0.2, 0.25) is 0 Å². The van der Waals surface area contributed by atoms with Crippen LogP contribution in [0.5, 0.6) is 0 Å². The van der Waals surface area contributed by atoms with Crippen molar-refractivity contribution < 1.29 is 17.9 Å². The lowest BCUT2D eigenvalue weighted by atomic mass is 10.1. The van der Waals surface area contributed by atoms with E-state index in [-0.39, 0.29) is 17.0 Å². The summed E-state index contributed by atoms with van der Waals surface area (Å²) >= 11 is 0. The summed E-state index contributed by atoms with van der Waals surface area (Å²) in [5.74, 6) is 0.464. The Labute approximate surface area is 148 Å². The smallest absolute Gasteiger partial charge is 0.410 e. The van der Waals surface area contributed by atoms with Gasteiger partial charge in [0.15, 0.2) is 5.84 Å². The van der Waals surface area contributed by atoms with E-state index in [1.165, 1.54) is 0 Å². The Morgan fingerprint density at radius 1 is 1.24 bits per heavy atom. The predicted octanol–water partition coefficient (Wildman–Crippen LogP) is 2.08. The Morgan fingerprint density at radius 2 is 1.92 bits per heavy atom. The zero-order valence-electron chi connectivity index (χ0n) is 14.9. The second-order valence-electron chi connectivity index (χ2n) is 7.35. The fourth-order valence-corrected chi connectivity index (χ4v) is 4.29. The SMILES string of the molecule is C[C@@H]1CN(C2=NS(=O)(=O)c3ccccc32)CCN1C(=O)OC(C)(C)C. The molecule has 136 valence electrons. The molecule has 0 bridgehead atoms. The van der Waals surface area contributed by atoms with E-state index < -0.39 is 15.6 Å². The molecular weight excluding hydrogens is 342 g/mol. The lowest BCUT2D eigenvalue weighted by Gasteiger charge is -2.40. The molecule has 0 aliphatic carbocycles. The molecule has 1 aromatic rings. The third-order valence-electron chi connectivity index (χ3n) is 4.17. The first-order chi connectivity index (χ1) is 11.6. The second-order valence-corrected chi connectivity index (χ2v) is 8.93. The molecule has 25 heavy (non-hydrogen) atoms. The van der Waals surface area contributed by atoms with Crippen LogP contribution in [0.1, 0.15) is 33.3 Å². The third kappa shape index (κ3) is 3.49. The number of amidine groups is 1. The highest BCUT2D eigenvalue weighted by Gasteiger charge is 2.36. The summed E-state index contributed by atoms with van der Waals surface area (Å²) in [4.78, 5) is 16.2. The molecule has 1 aromatic carbocycles. The van der Waals surface area contributed by atoms with Gasteiger partial charge in [-0.2, -0.15) is 8.42 Å². The van der Waals surface area contributed by atoms with Crippen molar-refractivity contribution in [1.29, 1.82) is 0 Å². The minimum absolute atomic E-state index is 0.109. The number of piperazine rings is 1. The monoisotopic (exact) mass is 365 g/mol. The molecule has 3 rings (SSSR count). The van der Waals surface area contributed by atoms with E-state index in [0.29, 0.717) is 31.0 Å². The predicted molar refractivity (Wildman–Crippen MR) is 94.1 cm³/mol. The van der Waals surface area contributed by atoms with Crippen LogP contribution < -0.4 is 0 Å². The number of fused-ring (bicyclic) bond motifs is 1. The fourth-order valence-electron chi connectivity index (χ4n) is 3.06. The number of carbonyl (C=O) groups excluding carboxylic acids is 1. The first-order valence-electron chi connectivity index (χ1n) is 8.27. The van der Waals surface area contributed by atoms with E-state index in [2.05, 4.69) is 4.40 Å². The molecule has 7 nitrogen and oxygen atoms in total. The molecule has 0 saturated carbocycles. The molecule has 1 fully saturated rings. The largest absolute Gasteiger partial charge is 0.444 e. The molecule has 1 saturated heterocycles. The standard InChI is InChI=1S/C17H23N3O4S/c1-12-11-19(9-10-20(12)16(21)24-17(2,3)4)15-13-7-5-6-8-14(13)25(22,23)18-15/h5-8,12H,9-11H2,1-4H3/t12-/m1/s1. The Kier molecular flexibility index (Phi) is 4.26. The summed E-state index contributed by atoms with van der Waals surface area (Å²) in [6.45, 7) is 8.89. The Hall–Kier alpha value is -2.09. The van der Waals surface area contributed by atoms with Crippen LogP contribution >= 0.6 is 0 Å². The van der Waals surface area contributed by atoms with Gasteiger partial charge in [-0.1, -0.05) is 12.1 Å². The summed E-state index contributed by atoms with van der Waals surface area (Å²) in [7, 11) is -3.63. The lowest BCUT2D eigenvalue weighted by Crippen LogP contribution is -2.56. The molecule has 2 aliphatic heterocycles. The van der Waals surface area contributed by atoms with E-state index in [0.717, 1.165) is 0 Å². The number of carbonyl (C=O) groups is 1. The van der Waals surface area contributed by atoms with Gasteiger partial charge in [-0.25, -0.2) is 4.79 Å².